The summed E-state index contributed by atoms with van der Waals surface area (Å²) in [6, 6.07) is 22.1. The van der Waals surface area contributed by atoms with Crippen LogP contribution in [0, 0.1) is 6.92 Å². The molecule has 7 heteroatoms. The minimum atomic E-state index is -0.411. The van der Waals surface area contributed by atoms with Crippen LogP contribution in [-0.4, -0.2) is 33.4 Å². The van der Waals surface area contributed by atoms with E-state index < -0.39 is 6.04 Å². The molecule has 0 saturated carbocycles. The average molecular weight is 517 g/mol. The molecule has 4 rings (SSSR count). The van der Waals surface area contributed by atoms with Crippen LogP contribution in [0.3, 0.4) is 0 Å². The molecule has 1 heterocycles. The zero-order valence-electron chi connectivity index (χ0n) is 21.4. The highest BCUT2D eigenvalue weighted by atomic mass is 35.5. The number of nitrogens with zero attached hydrogens (tertiary/aromatic N) is 3. The third-order valence-electron chi connectivity index (χ3n) is 6.60. The molecule has 0 radical (unpaired) electrons. The van der Waals surface area contributed by atoms with Gasteiger partial charge in [0.15, 0.2) is 0 Å². The Balaban J connectivity index is 1.87. The second-order valence-corrected chi connectivity index (χ2v) is 9.73. The molecule has 2 N–H and O–H groups in total. The molecule has 1 amide bonds. The number of aromatic nitrogens is 2. The number of aryl methyl sites for hydroxylation is 1. The van der Waals surface area contributed by atoms with Gasteiger partial charge < -0.3 is 10.6 Å². The largest absolute Gasteiger partial charge is 0.330 e. The molecule has 3 aromatic carbocycles. The predicted octanol–water partition coefficient (Wildman–Crippen LogP) is 5.74. The van der Waals surface area contributed by atoms with Crippen LogP contribution >= 0.6 is 11.6 Å². The van der Waals surface area contributed by atoms with Gasteiger partial charge in [-0.3, -0.25) is 14.2 Å². The fraction of sp³-hybridized carbons (Fsp3) is 0.300. The van der Waals surface area contributed by atoms with Crippen molar-refractivity contribution in [3.8, 4) is 0 Å². The van der Waals surface area contributed by atoms with Crippen molar-refractivity contribution in [2.75, 3.05) is 13.1 Å². The molecule has 0 bridgehead atoms. The van der Waals surface area contributed by atoms with Crippen molar-refractivity contribution in [1.29, 1.82) is 0 Å². The second-order valence-electron chi connectivity index (χ2n) is 9.29. The molecule has 192 valence electrons. The lowest BCUT2D eigenvalue weighted by molar-refractivity contribution is 0.0653. The fourth-order valence-electron chi connectivity index (χ4n) is 4.61. The molecular formula is C30H33ClN4O2. The number of hydrogen-bond acceptors (Lipinski definition) is 4. The normalized spacial score (nSPS) is 12.0. The van der Waals surface area contributed by atoms with Crippen molar-refractivity contribution in [1.82, 2.24) is 14.5 Å². The van der Waals surface area contributed by atoms with Gasteiger partial charge in [0.1, 0.15) is 5.82 Å². The van der Waals surface area contributed by atoms with E-state index in [2.05, 4.69) is 0 Å². The fourth-order valence-corrected chi connectivity index (χ4v) is 4.78. The van der Waals surface area contributed by atoms with E-state index in [9.17, 15) is 9.59 Å². The Kier molecular flexibility index (Phi) is 8.74. The molecule has 6 nitrogen and oxygen atoms in total. The molecule has 1 aromatic heterocycles. The Bertz CT molecular complexity index is 1420. The van der Waals surface area contributed by atoms with Gasteiger partial charge in [-0.2, -0.15) is 0 Å². The van der Waals surface area contributed by atoms with Gasteiger partial charge in [-0.15, -0.1) is 0 Å². The van der Waals surface area contributed by atoms with Crippen LogP contribution in [0.25, 0.3) is 10.9 Å². The maximum absolute atomic E-state index is 13.9. The first-order chi connectivity index (χ1) is 17.9. The van der Waals surface area contributed by atoms with Gasteiger partial charge in [-0.1, -0.05) is 66.6 Å². The van der Waals surface area contributed by atoms with Crippen LogP contribution in [0.4, 0.5) is 0 Å². The third kappa shape index (κ3) is 6.09. The van der Waals surface area contributed by atoms with Crippen molar-refractivity contribution >= 4 is 28.4 Å². The van der Waals surface area contributed by atoms with Gasteiger partial charge in [0.25, 0.3) is 11.5 Å². The van der Waals surface area contributed by atoms with Gasteiger partial charge in [0, 0.05) is 17.1 Å². The van der Waals surface area contributed by atoms with Crippen LogP contribution in [0.15, 0.2) is 77.6 Å². The minimum absolute atomic E-state index is 0.0874. The van der Waals surface area contributed by atoms with Gasteiger partial charge >= 0.3 is 0 Å². The highest BCUT2D eigenvalue weighted by Crippen LogP contribution is 2.27. The van der Waals surface area contributed by atoms with E-state index in [1.807, 2.05) is 73.3 Å². The number of rotatable bonds is 10. The lowest BCUT2D eigenvalue weighted by atomic mass is 10.1. The number of halogens is 1. The molecule has 0 saturated heterocycles. The maximum atomic E-state index is 13.9. The van der Waals surface area contributed by atoms with E-state index in [1.54, 1.807) is 22.8 Å². The van der Waals surface area contributed by atoms with Gasteiger partial charge in [-0.25, -0.2) is 4.98 Å². The van der Waals surface area contributed by atoms with Crippen LogP contribution in [0.5, 0.6) is 0 Å². The summed E-state index contributed by atoms with van der Waals surface area (Å²) in [6.07, 6.45) is 2.14. The average Bonchev–Trinajstić information content (AvgIpc) is 2.90. The molecule has 0 aliphatic rings. The summed E-state index contributed by atoms with van der Waals surface area (Å²) < 4.78 is 1.71. The molecule has 0 fully saturated rings. The molecular weight excluding hydrogens is 484 g/mol. The van der Waals surface area contributed by atoms with E-state index in [0.717, 1.165) is 24.0 Å². The lowest BCUT2D eigenvalue weighted by Crippen LogP contribution is -2.39. The first kappa shape index (κ1) is 26.6. The molecule has 37 heavy (non-hydrogen) atoms. The molecule has 1 unspecified atom stereocenters. The molecule has 0 spiro atoms. The highest BCUT2D eigenvalue weighted by molar-refractivity contribution is 6.31. The summed E-state index contributed by atoms with van der Waals surface area (Å²) in [6.45, 7) is 5.43. The van der Waals surface area contributed by atoms with Crippen molar-refractivity contribution < 1.29 is 4.79 Å². The first-order valence-corrected chi connectivity index (χ1v) is 13.1. The van der Waals surface area contributed by atoms with E-state index in [0.29, 0.717) is 53.4 Å². The number of benzene rings is 3. The van der Waals surface area contributed by atoms with E-state index in [4.69, 9.17) is 22.3 Å². The summed E-state index contributed by atoms with van der Waals surface area (Å²) in [7, 11) is 0. The number of carbonyl (C=O) groups excluding carboxylic acids is 1. The van der Waals surface area contributed by atoms with Crippen LogP contribution < -0.4 is 11.3 Å². The van der Waals surface area contributed by atoms with Crippen molar-refractivity contribution in [3.63, 3.8) is 0 Å². The van der Waals surface area contributed by atoms with E-state index in [-0.39, 0.29) is 11.5 Å². The predicted molar refractivity (Wildman–Crippen MR) is 150 cm³/mol. The van der Waals surface area contributed by atoms with Gasteiger partial charge in [0.2, 0.25) is 0 Å². The quantitative estimate of drug-likeness (QED) is 0.272. The summed E-state index contributed by atoms with van der Waals surface area (Å²) in [4.78, 5) is 34.5. The van der Waals surface area contributed by atoms with Crippen molar-refractivity contribution in [2.24, 2.45) is 5.73 Å². The monoisotopic (exact) mass is 516 g/mol. The topological polar surface area (TPSA) is 81.2 Å². The smallest absolute Gasteiger partial charge is 0.261 e. The molecule has 0 aliphatic heterocycles. The summed E-state index contributed by atoms with van der Waals surface area (Å²) >= 11 is 6.27. The Morgan fingerprint density at radius 1 is 1.05 bits per heavy atom. The van der Waals surface area contributed by atoms with Gasteiger partial charge in [-0.05, 0) is 68.6 Å². The Labute approximate surface area is 222 Å². The Morgan fingerprint density at radius 3 is 2.46 bits per heavy atom. The SMILES string of the molecule is CCC(c1nc2cc(Cl)ccc2c(=O)n1Cc1ccccc1)N(CCCCN)C(=O)c1ccc(C)cc1. The Morgan fingerprint density at radius 2 is 1.78 bits per heavy atom. The van der Waals surface area contributed by atoms with Crippen LogP contribution in [-0.2, 0) is 6.54 Å². The highest BCUT2D eigenvalue weighted by Gasteiger charge is 2.29. The number of unbranched alkanes of at least 4 members (excludes halogenated alkanes) is 1. The number of nitrogens with two attached hydrogens (primary N) is 1. The maximum Gasteiger partial charge on any atom is 0.261 e. The molecule has 0 aliphatic carbocycles. The number of fused-ring (bicyclic) bond motifs is 1. The third-order valence-corrected chi connectivity index (χ3v) is 6.84. The number of hydrogen-bond donors (Lipinski definition) is 1. The summed E-state index contributed by atoms with van der Waals surface area (Å²) in [5.41, 5.74) is 8.83. The van der Waals surface area contributed by atoms with Crippen molar-refractivity contribution in [3.05, 3.63) is 111 Å². The Hall–Kier alpha value is -3.48. The minimum Gasteiger partial charge on any atom is -0.330 e. The van der Waals surface area contributed by atoms with Crippen molar-refractivity contribution in [2.45, 2.75) is 45.7 Å². The zero-order valence-corrected chi connectivity index (χ0v) is 22.1. The summed E-state index contributed by atoms with van der Waals surface area (Å²) in [5, 5.41) is 1.01. The van der Waals surface area contributed by atoms with Gasteiger partial charge in [0.05, 0.1) is 23.5 Å². The second kappa shape index (κ2) is 12.2. The lowest BCUT2D eigenvalue weighted by Gasteiger charge is -2.32. The van der Waals surface area contributed by atoms with Crippen LogP contribution in [0.1, 0.15) is 59.5 Å². The van der Waals surface area contributed by atoms with Crippen LogP contribution in [0.2, 0.25) is 5.02 Å². The number of carbonyl (C=O) groups is 1. The standard InChI is InChI=1S/C30H33ClN4O2/c1-3-27(34(18-8-7-17-32)29(36)23-13-11-21(2)12-14-23)28-33-26-19-24(31)15-16-25(26)30(37)35(28)20-22-9-5-4-6-10-22/h4-6,9-16,19,27H,3,7-8,17-18,20,32H2,1-2H3. The van der Waals surface area contributed by atoms with E-state index >= 15 is 0 Å². The first-order valence-electron chi connectivity index (χ1n) is 12.7. The zero-order chi connectivity index (χ0) is 26.4. The van der Waals surface area contributed by atoms with E-state index in [1.165, 1.54) is 0 Å². The summed E-state index contributed by atoms with van der Waals surface area (Å²) in [5.74, 6) is 0.468. The molecule has 4 aromatic rings. The molecule has 1 atom stereocenters. The number of amides is 1.